The molecule has 5 rings (SSSR count). The highest BCUT2D eigenvalue weighted by Crippen LogP contribution is 2.30. The van der Waals surface area contributed by atoms with Crippen molar-refractivity contribution in [1.82, 2.24) is 24.6 Å². The maximum atomic E-state index is 14.9. The lowest BCUT2D eigenvalue weighted by Gasteiger charge is -2.26. The molecule has 2 aromatic carbocycles. The van der Waals surface area contributed by atoms with Crippen LogP contribution in [0, 0.1) is 19.7 Å². The summed E-state index contributed by atoms with van der Waals surface area (Å²) in [5.74, 6) is 0.868. The number of anilines is 4. The summed E-state index contributed by atoms with van der Waals surface area (Å²) in [6.45, 7) is 12.6. The number of rotatable bonds is 13. The molecule has 1 aliphatic heterocycles. The summed E-state index contributed by atoms with van der Waals surface area (Å²) < 4.78 is 28.2. The van der Waals surface area contributed by atoms with E-state index in [1.165, 1.54) is 25.3 Å². The van der Waals surface area contributed by atoms with Gasteiger partial charge in [-0.05, 0) is 89.7 Å². The Morgan fingerprint density at radius 2 is 1.77 bits per heavy atom. The molecule has 2 aromatic heterocycles. The van der Waals surface area contributed by atoms with E-state index in [0.717, 1.165) is 54.7 Å². The molecule has 2 N–H and O–H groups in total. The number of halogens is 1. The number of nitrogens with zero attached hydrogens (tertiary/aromatic N) is 5. The fourth-order valence-electron chi connectivity index (χ4n) is 5.35. The molecule has 1 saturated heterocycles. The van der Waals surface area contributed by atoms with Crippen molar-refractivity contribution in [2.45, 2.75) is 71.9 Å². The van der Waals surface area contributed by atoms with Gasteiger partial charge in [-0.1, -0.05) is 24.6 Å². The van der Waals surface area contributed by atoms with Crippen LogP contribution in [0.1, 0.15) is 57.1 Å². The first kappa shape index (κ1) is 30.7. The predicted octanol–water partition coefficient (Wildman–Crippen LogP) is 7.14. The molecule has 0 bridgehead atoms. The molecule has 230 valence electrons. The Hall–Kier alpha value is -3.76. The van der Waals surface area contributed by atoms with Crippen molar-refractivity contribution in [3.05, 3.63) is 59.5 Å². The molecule has 0 radical (unpaired) electrons. The number of aromatic nitrogens is 4. The van der Waals surface area contributed by atoms with E-state index in [-0.39, 0.29) is 11.4 Å². The molecule has 0 amide bonds. The van der Waals surface area contributed by atoms with Crippen molar-refractivity contribution >= 4 is 34.2 Å². The van der Waals surface area contributed by atoms with Gasteiger partial charge in [0.25, 0.3) is 0 Å². The van der Waals surface area contributed by atoms with Gasteiger partial charge in [0, 0.05) is 43.8 Å². The molecule has 1 fully saturated rings. The molecule has 0 unspecified atom stereocenters. The number of piperidine rings is 1. The van der Waals surface area contributed by atoms with Crippen LogP contribution in [0.25, 0.3) is 11.0 Å². The summed E-state index contributed by atoms with van der Waals surface area (Å²) >= 11 is 0. The number of aryl methyl sites for hydroxylation is 3. The largest absolute Gasteiger partial charge is 0.490 e. The molecule has 0 atom stereocenters. The molecular formula is C33H44FN7O2. The second-order valence-electron chi connectivity index (χ2n) is 12.0. The molecular weight excluding hydrogens is 545 g/mol. The Morgan fingerprint density at radius 3 is 2.49 bits per heavy atom. The van der Waals surface area contributed by atoms with Gasteiger partial charge in [0.05, 0.1) is 17.6 Å². The summed E-state index contributed by atoms with van der Waals surface area (Å²) in [7, 11) is 1.71. The summed E-state index contributed by atoms with van der Waals surface area (Å²) in [6, 6.07) is 11.0. The zero-order valence-electron chi connectivity index (χ0n) is 26.0. The number of likely N-dealkylation sites (tertiary alicyclic amines) is 1. The van der Waals surface area contributed by atoms with Gasteiger partial charge < -0.3 is 25.0 Å². The van der Waals surface area contributed by atoms with Gasteiger partial charge in [0.1, 0.15) is 0 Å². The Labute approximate surface area is 253 Å². The van der Waals surface area contributed by atoms with Crippen LogP contribution in [0.4, 0.5) is 27.5 Å². The number of hydrogen-bond donors (Lipinski definition) is 2. The van der Waals surface area contributed by atoms with Gasteiger partial charge in [-0.3, -0.25) is 0 Å². The van der Waals surface area contributed by atoms with Crippen LogP contribution in [-0.2, 0) is 11.3 Å². The highest BCUT2D eigenvalue weighted by Gasteiger charge is 2.20. The molecule has 1 aliphatic rings. The van der Waals surface area contributed by atoms with Gasteiger partial charge in [-0.15, -0.1) is 0 Å². The van der Waals surface area contributed by atoms with E-state index in [1.54, 1.807) is 25.4 Å². The molecule has 10 heteroatoms. The average Bonchev–Trinajstić information content (AvgIpc) is 3.34. The Balaban J connectivity index is 1.31. The number of ether oxygens (including phenoxy) is 2. The quantitative estimate of drug-likeness (QED) is 0.159. The highest BCUT2D eigenvalue weighted by atomic mass is 19.1. The van der Waals surface area contributed by atoms with E-state index < -0.39 is 5.82 Å². The summed E-state index contributed by atoms with van der Waals surface area (Å²) in [5, 5.41) is 12.3. The lowest BCUT2D eigenvalue weighted by atomic mass is 10.1. The van der Waals surface area contributed by atoms with Gasteiger partial charge in [0.15, 0.2) is 23.0 Å². The van der Waals surface area contributed by atoms with Crippen molar-refractivity contribution in [2.75, 3.05) is 44.0 Å². The Kier molecular flexibility index (Phi) is 9.77. The summed E-state index contributed by atoms with van der Waals surface area (Å²) in [4.78, 5) is 11.8. The lowest BCUT2D eigenvalue weighted by Crippen LogP contribution is -2.31. The standard InChI is InChI=1S/C33H44FN7O2/c1-23-11-9-12-24(2)29(23)37-30-26-22-35-32(38-31(26)41(39-30)19-15-33(3,4)42-5)36-25-13-14-28(27(34)21-25)43-20-10-18-40-16-7-6-8-17-40/h9,11-14,21-22H,6-8,10,15-20H2,1-5H3,(H,37,39)(H,35,36,38). The van der Waals surface area contributed by atoms with Gasteiger partial charge in [0.2, 0.25) is 5.95 Å². The number of hydrogen-bond acceptors (Lipinski definition) is 8. The lowest BCUT2D eigenvalue weighted by molar-refractivity contribution is 0.0116. The zero-order chi connectivity index (χ0) is 30.4. The van der Waals surface area contributed by atoms with Crippen LogP contribution < -0.4 is 15.4 Å². The van der Waals surface area contributed by atoms with E-state index >= 15 is 0 Å². The summed E-state index contributed by atoms with van der Waals surface area (Å²) in [5.41, 5.74) is 4.15. The first-order valence-electron chi connectivity index (χ1n) is 15.3. The number of para-hydroxylation sites is 1. The third kappa shape index (κ3) is 7.80. The van der Waals surface area contributed by atoms with Crippen LogP contribution in [0.3, 0.4) is 0 Å². The van der Waals surface area contributed by atoms with Crippen LogP contribution in [0.2, 0.25) is 0 Å². The van der Waals surface area contributed by atoms with Gasteiger partial charge >= 0.3 is 0 Å². The van der Waals surface area contributed by atoms with E-state index in [0.29, 0.717) is 36.3 Å². The molecule has 0 saturated carbocycles. The Bertz CT molecular complexity index is 1510. The minimum absolute atomic E-state index is 0.251. The number of benzene rings is 2. The fraction of sp³-hybridized carbons (Fsp3) is 0.485. The molecule has 43 heavy (non-hydrogen) atoms. The van der Waals surface area contributed by atoms with Crippen LogP contribution in [-0.4, -0.2) is 63.6 Å². The smallest absolute Gasteiger partial charge is 0.229 e. The highest BCUT2D eigenvalue weighted by molar-refractivity contribution is 5.90. The van der Waals surface area contributed by atoms with Gasteiger partial charge in [-0.25, -0.2) is 14.1 Å². The van der Waals surface area contributed by atoms with Gasteiger partial charge in [-0.2, -0.15) is 10.1 Å². The zero-order valence-corrected chi connectivity index (χ0v) is 26.0. The average molecular weight is 590 g/mol. The second kappa shape index (κ2) is 13.7. The molecule has 3 heterocycles. The number of methoxy groups -OCH3 is 1. The first-order valence-corrected chi connectivity index (χ1v) is 15.3. The van der Waals surface area contributed by atoms with Crippen LogP contribution in [0.5, 0.6) is 5.75 Å². The van der Waals surface area contributed by atoms with Crippen molar-refractivity contribution in [2.24, 2.45) is 0 Å². The first-order chi connectivity index (χ1) is 20.7. The van der Waals surface area contributed by atoms with Crippen molar-refractivity contribution in [3.8, 4) is 5.75 Å². The maximum Gasteiger partial charge on any atom is 0.229 e. The maximum absolute atomic E-state index is 14.9. The minimum atomic E-state index is -0.420. The topological polar surface area (TPSA) is 89.4 Å². The van der Waals surface area contributed by atoms with E-state index in [2.05, 4.69) is 46.5 Å². The van der Waals surface area contributed by atoms with Crippen molar-refractivity contribution in [1.29, 1.82) is 0 Å². The van der Waals surface area contributed by atoms with E-state index in [1.807, 2.05) is 24.6 Å². The fourth-order valence-corrected chi connectivity index (χ4v) is 5.35. The minimum Gasteiger partial charge on any atom is -0.490 e. The third-order valence-corrected chi connectivity index (χ3v) is 8.20. The van der Waals surface area contributed by atoms with E-state index in [4.69, 9.17) is 19.6 Å². The second-order valence-corrected chi connectivity index (χ2v) is 12.0. The third-order valence-electron chi connectivity index (χ3n) is 8.20. The molecule has 9 nitrogen and oxygen atoms in total. The molecule has 0 aliphatic carbocycles. The van der Waals surface area contributed by atoms with E-state index in [9.17, 15) is 4.39 Å². The van der Waals surface area contributed by atoms with Crippen molar-refractivity contribution in [3.63, 3.8) is 0 Å². The normalized spacial score (nSPS) is 14.3. The molecule has 4 aromatic rings. The summed E-state index contributed by atoms with van der Waals surface area (Å²) in [6.07, 6.45) is 7.21. The predicted molar refractivity (Wildman–Crippen MR) is 170 cm³/mol. The molecule has 0 spiro atoms. The number of nitrogens with one attached hydrogen (secondary N) is 2. The Morgan fingerprint density at radius 1 is 1.00 bits per heavy atom. The monoisotopic (exact) mass is 589 g/mol. The SMILES string of the molecule is COC(C)(C)CCn1nc(Nc2c(C)cccc2C)c2cnc(Nc3ccc(OCCCN4CCCCC4)c(F)c3)nc21. The van der Waals surface area contributed by atoms with Crippen LogP contribution >= 0.6 is 0 Å². The number of fused-ring (bicyclic) bond motifs is 1. The van der Waals surface area contributed by atoms with Crippen LogP contribution in [0.15, 0.2) is 42.6 Å². The van der Waals surface area contributed by atoms with Crippen molar-refractivity contribution < 1.29 is 13.9 Å².